The molecular formula is C17H14N2O5. The summed E-state index contributed by atoms with van der Waals surface area (Å²) in [5.41, 5.74) is 1.21. The zero-order valence-electron chi connectivity index (χ0n) is 12.8. The van der Waals surface area contributed by atoms with Crippen molar-refractivity contribution in [3.8, 4) is 34.3 Å². The lowest BCUT2D eigenvalue weighted by Gasteiger charge is -2.06. The summed E-state index contributed by atoms with van der Waals surface area (Å²) in [4.78, 5) is 15.1. The number of carboxylic acids is 1. The number of aliphatic carboxylic acids is 1. The van der Waals surface area contributed by atoms with Gasteiger partial charge in [-0.15, -0.1) is 0 Å². The molecule has 3 rings (SSSR count). The molecule has 0 aliphatic heterocycles. The van der Waals surface area contributed by atoms with E-state index in [1.807, 2.05) is 18.2 Å². The molecule has 122 valence electrons. The van der Waals surface area contributed by atoms with Gasteiger partial charge in [0, 0.05) is 0 Å². The number of benzene rings is 2. The van der Waals surface area contributed by atoms with Crippen molar-refractivity contribution in [1.29, 1.82) is 0 Å². The largest absolute Gasteiger partial charge is 0.496 e. The minimum atomic E-state index is -1.06. The predicted octanol–water partition coefficient (Wildman–Crippen LogP) is 2.88. The Morgan fingerprint density at radius 2 is 1.75 bits per heavy atom. The van der Waals surface area contributed by atoms with Gasteiger partial charge in [-0.2, -0.15) is 4.98 Å². The number of carboxylic acid groups (broad SMARTS) is 1. The normalized spacial score (nSPS) is 10.4. The van der Waals surface area contributed by atoms with Gasteiger partial charge in [0.1, 0.15) is 11.5 Å². The maximum absolute atomic E-state index is 10.7. The first-order chi connectivity index (χ1) is 11.7. The number of para-hydroxylation sites is 2. The SMILES string of the molecule is COc1ccccc1-c1nc(-c2ccccc2OCC(=O)O)no1. The highest BCUT2D eigenvalue weighted by atomic mass is 16.5. The first kappa shape index (κ1) is 15.5. The minimum Gasteiger partial charge on any atom is -0.496 e. The predicted molar refractivity (Wildman–Crippen MR) is 84.9 cm³/mol. The third-order valence-electron chi connectivity index (χ3n) is 3.24. The lowest BCUT2D eigenvalue weighted by Crippen LogP contribution is -2.10. The highest BCUT2D eigenvalue weighted by Crippen LogP contribution is 2.32. The fourth-order valence-electron chi connectivity index (χ4n) is 2.18. The van der Waals surface area contributed by atoms with Gasteiger partial charge >= 0.3 is 5.97 Å². The third kappa shape index (κ3) is 3.19. The van der Waals surface area contributed by atoms with Crippen molar-refractivity contribution in [3.63, 3.8) is 0 Å². The molecule has 1 N–H and O–H groups in total. The second-order valence-electron chi connectivity index (χ2n) is 4.80. The second-order valence-corrected chi connectivity index (χ2v) is 4.80. The van der Waals surface area contributed by atoms with E-state index in [1.54, 1.807) is 37.4 Å². The van der Waals surface area contributed by atoms with Crippen LogP contribution in [0.1, 0.15) is 0 Å². The van der Waals surface area contributed by atoms with Crippen LogP contribution in [0.3, 0.4) is 0 Å². The fraction of sp³-hybridized carbons (Fsp3) is 0.118. The van der Waals surface area contributed by atoms with Crippen molar-refractivity contribution in [2.45, 2.75) is 0 Å². The molecule has 0 aliphatic carbocycles. The molecule has 1 heterocycles. The highest BCUT2D eigenvalue weighted by molar-refractivity contribution is 5.71. The molecule has 0 unspecified atom stereocenters. The Bertz CT molecular complexity index is 859. The van der Waals surface area contributed by atoms with Crippen LogP contribution in [0.4, 0.5) is 0 Å². The topological polar surface area (TPSA) is 94.7 Å². The molecule has 0 amide bonds. The molecule has 1 aromatic heterocycles. The summed E-state index contributed by atoms with van der Waals surface area (Å²) in [6.45, 7) is -0.450. The Kier molecular flexibility index (Phi) is 4.42. The summed E-state index contributed by atoms with van der Waals surface area (Å²) in [5, 5.41) is 12.7. The molecule has 0 atom stereocenters. The number of hydrogen-bond donors (Lipinski definition) is 1. The van der Waals surface area contributed by atoms with Crippen molar-refractivity contribution < 1.29 is 23.9 Å². The van der Waals surface area contributed by atoms with Gasteiger partial charge in [-0.3, -0.25) is 0 Å². The number of carbonyl (C=O) groups is 1. The van der Waals surface area contributed by atoms with Crippen molar-refractivity contribution in [3.05, 3.63) is 48.5 Å². The van der Waals surface area contributed by atoms with Gasteiger partial charge in [-0.1, -0.05) is 29.4 Å². The van der Waals surface area contributed by atoms with Crippen LogP contribution >= 0.6 is 0 Å². The summed E-state index contributed by atoms with van der Waals surface area (Å²) in [6, 6.07) is 14.2. The van der Waals surface area contributed by atoms with E-state index in [0.29, 0.717) is 34.3 Å². The van der Waals surface area contributed by atoms with Gasteiger partial charge < -0.3 is 19.1 Å². The first-order valence-electron chi connectivity index (χ1n) is 7.10. The smallest absolute Gasteiger partial charge is 0.341 e. The van der Waals surface area contributed by atoms with Gasteiger partial charge in [0.05, 0.1) is 18.2 Å². The van der Waals surface area contributed by atoms with Crippen LogP contribution in [0.15, 0.2) is 53.1 Å². The van der Waals surface area contributed by atoms with E-state index in [1.165, 1.54) is 0 Å². The van der Waals surface area contributed by atoms with Gasteiger partial charge in [-0.05, 0) is 24.3 Å². The monoisotopic (exact) mass is 326 g/mol. The van der Waals surface area contributed by atoms with Crippen molar-refractivity contribution >= 4 is 5.97 Å². The fourth-order valence-corrected chi connectivity index (χ4v) is 2.18. The molecule has 0 radical (unpaired) electrons. The Morgan fingerprint density at radius 3 is 2.46 bits per heavy atom. The molecule has 24 heavy (non-hydrogen) atoms. The van der Waals surface area contributed by atoms with Crippen LogP contribution in [0.5, 0.6) is 11.5 Å². The van der Waals surface area contributed by atoms with Gasteiger partial charge in [0.2, 0.25) is 5.82 Å². The quantitative estimate of drug-likeness (QED) is 0.744. The van der Waals surface area contributed by atoms with E-state index in [9.17, 15) is 4.79 Å². The van der Waals surface area contributed by atoms with Crippen LogP contribution in [0.2, 0.25) is 0 Å². The zero-order chi connectivity index (χ0) is 16.9. The zero-order valence-corrected chi connectivity index (χ0v) is 12.8. The number of nitrogens with zero attached hydrogens (tertiary/aromatic N) is 2. The molecule has 7 heteroatoms. The molecule has 0 saturated carbocycles. The molecule has 0 saturated heterocycles. The average Bonchev–Trinajstić information content (AvgIpc) is 3.10. The number of methoxy groups -OCH3 is 1. The lowest BCUT2D eigenvalue weighted by molar-refractivity contribution is -0.139. The summed E-state index contributed by atoms with van der Waals surface area (Å²) in [6.07, 6.45) is 0. The molecule has 7 nitrogen and oxygen atoms in total. The first-order valence-corrected chi connectivity index (χ1v) is 7.10. The molecule has 0 aliphatic rings. The summed E-state index contributed by atoms with van der Waals surface area (Å²) in [7, 11) is 1.56. The minimum absolute atomic E-state index is 0.301. The molecular weight excluding hydrogens is 312 g/mol. The van der Waals surface area contributed by atoms with E-state index < -0.39 is 12.6 Å². The van der Waals surface area contributed by atoms with Gasteiger partial charge in [-0.25, -0.2) is 4.79 Å². The molecule has 0 bridgehead atoms. The van der Waals surface area contributed by atoms with E-state index in [-0.39, 0.29) is 0 Å². The maximum atomic E-state index is 10.7. The summed E-state index contributed by atoms with van der Waals surface area (Å²) in [5.74, 6) is 0.524. The number of hydrogen-bond acceptors (Lipinski definition) is 6. The standard InChI is InChI=1S/C17H14N2O5/c1-22-13-8-4-3-7-12(13)17-18-16(19-24-17)11-6-2-5-9-14(11)23-10-15(20)21/h2-9H,10H2,1H3,(H,20,21). The van der Waals surface area contributed by atoms with Gasteiger partial charge in [0.15, 0.2) is 6.61 Å². The molecule has 2 aromatic carbocycles. The van der Waals surface area contributed by atoms with Crippen LogP contribution in [-0.4, -0.2) is 34.9 Å². The molecule has 3 aromatic rings. The van der Waals surface area contributed by atoms with E-state index in [4.69, 9.17) is 19.1 Å². The summed E-state index contributed by atoms with van der Waals surface area (Å²) < 4.78 is 15.9. The Morgan fingerprint density at radius 1 is 1.08 bits per heavy atom. The number of ether oxygens (including phenoxy) is 2. The van der Waals surface area contributed by atoms with Crippen LogP contribution in [0, 0.1) is 0 Å². The average molecular weight is 326 g/mol. The van der Waals surface area contributed by atoms with E-state index >= 15 is 0 Å². The van der Waals surface area contributed by atoms with Crippen LogP contribution in [-0.2, 0) is 4.79 Å². The van der Waals surface area contributed by atoms with E-state index in [2.05, 4.69) is 10.1 Å². The number of aromatic nitrogens is 2. The van der Waals surface area contributed by atoms with Crippen molar-refractivity contribution in [2.24, 2.45) is 0 Å². The van der Waals surface area contributed by atoms with Crippen molar-refractivity contribution in [1.82, 2.24) is 10.1 Å². The van der Waals surface area contributed by atoms with Crippen LogP contribution in [0.25, 0.3) is 22.8 Å². The Labute approximate surface area is 137 Å². The van der Waals surface area contributed by atoms with Gasteiger partial charge in [0.25, 0.3) is 5.89 Å². The van der Waals surface area contributed by atoms with E-state index in [0.717, 1.165) is 0 Å². The Hall–Kier alpha value is -3.35. The highest BCUT2D eigenvalue weighted by Gasteiger charge is 2.17. The van der Waals surface area contributed by atoms with Crippen molar-refractivity contribution in [2.75, 3.05) is 13.7 Å². The molecule has 0 fully saturated rings. The van der Waals surface area contributed by atoms with Crippen LogP contribution < -0.4 is 9.47 Å². The summed E-state index contributed by atoms with van der Waals surface area (Å²) >= 11 is 0. The number of rotatable bonds is 6. The Balaban J connectivity index is 1.95. The molecule has 0 spiro atoms. The lowest BCUT2D eigenvalue weighted by atomic mass is 10.2. The maximum Gasteiger partial charge on any atom is 0.341 e. The second kappa shape index (κ2) is 6.82. The third-order valence-corrected chi connectivity index (χ3v) is 3.24.